The van der Waals surface area contributed by atoms with Crippen LogP contribution in [0.5, 0.6) is 0 Å². The molecule has 2 fully saturated rings. The summed E-state index contributed by atoms with van der Waals surface area (Å²) in [5.74, 6) is 0.837. The number of hydrogen-bond donors (Lipinski definition) is 1. The van der Waals surface area contributed by atoms with Crippen LogP contribution in [-0.4, -0.2) is 24.8 Å². The summed E-state index contributed by atoms with van der Waals surface area (Å²) in [6.45, 7) is 6.55. The zero-order valence-corrected chi connectivity index (χ0v) is 9.51. The van der Waals surface area contributed by atoms with E-state index in [4.69, 9.17) is 4.74 Å². The van der Waals surface area contributed by atoms with Crippen LogP contribution in [0.1, 0.15) is 46.0 Å². The fraction of sp³-hybridized carbons (Fsp3) is 1.00. The molecule has 1 saturated heterocycles. The summed E-state index contributed by atoms with van der Waals surface area (Å²) >= 11 is 0. The first kappa shape index (κ1) is 10.4. The molecule has 0 aromatic carbocycles. The van der Waals surface area contributed by atoms with E-state index in [2.05, 4.69) is 19.2 Å². The average molecular weight is 197 g/mol. The third-order valence-corrected chi connectivity index (χ3v) is 4.01. The summed E-state index contributed by atoms with van der Waals surface area (Å²) < 4.78 is 6.01. The quantitative estimate of drug-likeness (QED) is 0.750. The van der Waals surface area contributed by atoms with Crippen LogP contribution in [0.2, 0.25) is 0 Å². The molecule has 0 aromatic rings. The normalized spacial score (nSPS) is 39.4. The maximum Gasteiger partial charge on any atom is 0.0697 e. The lowest BCUT2D eigenvalue weighted by molar-refractivity contribution is -0.130. The minimum absolute atomic E-state index is 0.184. The van der Waals surface area contributed by atoms with Crippen LogP contribution >= 0.6 is 0 Å². The van der Waals surface area contributed by atoms with Crippen LogP contribution in [0.15, 0.2) is 0 Å². The number of ether oxygens (including phenoxy) is 1. The van der Waals surface area contributed by atoms with Gasteiger partial charge < -0.3 is 10.1 Å². The van der Waals surface area contributed by atoms with Crippen LogP contribution in [0, 0.1) is 5.92 Å². The van der Waals surface area contributed by atoms with E-state index in [-0.39, 0.29) is 5.60 Å². The molecule has 0 spiro atoms. The Hall–Kier alpha value is -0.0800. The van der Waals surface area contributed by atoms with E-state index < -0.39 is 0 Å². The van der Waals surface area contributed by atoms with E-state index in [1.807, 2.05) is 0 Å². The van der Waals surface area contributed by atoms with Crippen molar-refractivity contribution in [2.75, 3.05) is 13.2 Å². The van der Waals surface area contributed by atoms with Crippen LogP contribution in [0.3, 0.4) is 0 Å². The highest BCUT2D eigenvalue weighted by atomic mass is 16.5. The Bertz CT molecular complexity index is 189. The lowest BCUT2D eigenvalue weighted by atomic mass is 9.70. The third kappa shape index (κ3) is 1.96. The molecule has 2 heteroatoms. The van der Waals surface area contributed by atoms with Crippen molar-refractivity contribution in [2.45, 2.75) is 57.6 Å². The van der Waals surface area contributed by atoms with E-state index in [9.17, 15) is 0 Å². The maximum absolute atomic E-state index is 6.01. The molecule has 1 heterocycles. The SMILES string of the molecule is CCNC1CCOC(C)(C2CCC2)C1. The lowest BCUT2D eigenvalue weighted by Crippen LogP contribution is -2.51. The Balaban J connectivity index is 1.91. The first-order valence-electron chi connectivity index (χ1n) is 6.12. The van der Waals surface area contributed by atoms with Crippen molar-refractivity contribution in [3.63, 3.8) is 0 Å². The van der Waals surface area contributed by atoms with Gasteiger partial charge in [-0.2, -0.15) is 0 Å². The standard InChI is InChI=1S/C12H23NO/c1-3-13-11-7-8-14-12(2,9-11)10-5-4-6-10/h10-11,13H,3-9H2,1-2H3. The highest BCUT2D eigenvalue weighted by molar-refractivity contribution is 4.94. The molecule has 2 unspecified atom stereocenters. The smallest absolute Gasteiger partial charge is 0.0697 e. The van der Waals surface area contributed by atoms with E-state index in [0.29, 0.717) is 6.04 Å². The monoisotopic (exact) mass is 197 g/mol. The van der Waals surface area contributed by atoms with Crippen LogP contribution < -0.4 is 5.32 Å². The minimum Gasteiger partial charge on any atom is -0.375 e. The summed E-state index contributed by atoms with van der Waals surface area (Å²) in [5, 5.41) is 3.56. The zero-order valence-electron chi connectivity index (χ0n) is 9.51. The van der Waals surface area contributed by atoms with Crippen molar-refractivity contribution in [3.8, 4) is 0 Å². The number of nitrogens with one attached hydrogen (secondary N) is 1. The first-order valence-corrected chi connectivity index (χ1v) is 6.12. The number of hydrogen-bond acceptors (Lipinski definition) is 2. The summed E-state index contributed by atoms with van der Waals surface area (Å²) in [5.41, 5.74) is 0.184. The topological polar surface area (TPSA) is 21.3 Å². The van der Waals surface area contributed by atoms with E-state index in [1.165, 1.54) is 32.1 Å². The second-order valence-electron chi connectivity index (χ2n) is 5.04. The maximum atomic E-state index is 6.01. The molecule has 1 aliphatic carbocycles. The number of rotatable bonds is 3. The molecule has 0 amide bonds. The predicted octanol–water partition coefficient (Wildman–Crippen LogP) is 2.33. The molecule has 2 rings (SSSR count). The molecule has 2 atom stereocenters. The molecular weight excluding hydrogens is 174 g/mol. The summed E-state index contributed by atoms with van der Waals surface area (Å²) in [6.07, 6.45) is 6.59. The highest BCUT2D eigenvalue weighted by Gasteiger charge is 2.42. The summed E-state index contributed by atoms with van der Waals surface area (Å²) in [4.78, 5) is 0. The molecule has 2 nitrogen and oxygen atoms in total. The third-order valence-electron chi connectivity index (χ3n) is 4.01. The van der Waals surface area contributed by atoms with Gasteiger partial charge in [0.15, 0.2) is 0 Å². The van der Waals surface area contributed by atoms with E-state index >= 15 is 0 Å². The Morgan fingerprint density at radius 2 is 2.14 bits per heavy atom. The van der Waals surface area contributed by atoms with Crippen molar-refractivity contribution in [1.29, 1.82) is 0 Å². The van der Waals surface area contributed by atoms with Gasteiger partial charge in [-0.05, 0) is 45.1 Å². The molecule has 0 aromatic heterocycles. The average Bonchev–Trinajstić information content (AvgIpc) is 2.00. The van der Waals surface area contributed by atoms with Gasteiger partial charge in [0.25, 0.3) is 0 Å². The van der Waals surface area contributed by atoms with Crippen LogP contribution in [-0.2, 0) is 4.74 Å². The molecular formula is C12H23NO. The van der Waals surface area contributed by atoms with Gasteiger partial charge in [0.05, 0.1) is 5.60 Å². The predicted molar refractivity (Wildman–Crippen MR) is 58.4 cm³/mol. The van der Waals surface area contributed by atoms with Crippen LogP contribution in [0.4, 0.5) is 0 Å². The molecule has 1 aliphatic heterocycles. The molecule has 2 aliphatic rings. The van der Waals surface area contributed by atoms with Gasteiger partial charge in [-0.1, -0.05) is 13.3 Å². The fourth-order valence-electron chi connectivity index (χ4n) is 2.85. The van der Waals surface area contributed by atoms with Crippen molar-refractivity contribution in [3.05, 3.63) is 0 Å². The van der Waals surface area contributed by atoms with E-state index in [0.717, 1.165) is 19.1 Å². The Morgan fingerprint density at radius 1 is 1.36 bits per heavy atom. The second-order valence-corrected chi connectivity index (χ2v) is 5.04. The van der Waals surface area contributed by atoms with Crippen molar-refractivity contribution < 1.29 is 4.74 Å². The van der Waals surface area contributed by atoms with Crippen molar-refractivity contribution in [1.82, 2.24) is 5.32 Å². The largest absolute Gasteiger partial charge is 0.375 e. The Labute approximate surface area is 87.4 Å². The van der Waals surface area contributed by atoms with Crippen molar-refractivity contribution >= 4 is 0 Å². The summed E-state index contributed by atoms with van der Waals surface area (Å²) in [6, 6.07) is 0.694. The molecule has 0 bridgehead atoms. The van der Waals surface area contributed by atoms with Gasteiger partial charge >= 0.3 is 0 Å². The molecule has 14 heavy (non-hydrogen) atoms. The second kappa shape index (κ2) is 4.19. The highest BCUT2D eigenvalue weighted by Crippen LogP contribution is 2.42. The first-order chi connectivity index (χ1) is 6.74. The lowest BCUT2D eigenvalue weighted by Gasteiger charge is -2.47. The fourth-order valence-corrected chi connectivity index (χ4v) is 2.85. The Kier molecular flexibility index (Phi) is 3.13. The van der Waals surface area contributed by atoms with Crippen LogP contribution in [0.25, 0.3) is 0 Å². The van der Waals surface area contributed by atoms with Gasteiger partial charge in [0, 0.05) is 12.6 Å². The zero-order chi connectivity index (χ0) is 10.0. The van der Waals surface area contributed by atoms with Gasteiger partial charge in [-0.15, -0.1) is 0 Å². The van der Waals surface area contributed by atoms with Crippen molar-refractivity contribution in [2.24, 2.45) is 5.92 Å². The Morgan fingerprint density at radius 3 is 2.71 bits per heavy atom. The minimum atomic E-state index is 0.184. The van der Waals surface area contributed by atoms with E-state index in [1.54, 1.807) is 0 Å². The van der Waals surface area contributed by atoms with Gasteiger partial charge in [0.2, 0.25) is 0 Å². The molecule has 82 valence electrons. The van der Waals surface area contributed by atoms with Gasteiger partial charge in [-0.25, -0.2) is 0 Å². The van der Waals surface area contributed by atoms with Gasteiger partial charge in [0.1, 0.15) is 0 Å². The summed E-state index contributed by atoms with van der Waals surface area (Å²) in [7, 11) is 0. The molecule has 0 radical (unpaired) electrons. The molecule has 1 N–H and O–H groups in total. The van der Waals surface area contributed by atoms with Gasteiger partial charge in [-0.3, -0.25) is 0 Å². The molecule has 1 saturated carbocycles.